The van der Waals surface area contributed by atoms with E-state index < -0.39 is 10.0 Å². The van der Waals surface area contributed by atoms with Gasteiger partial charge >= 0.3 is 0 Å². The zero-order chi connectivity index (χ0) is 16.4. The molecular formula is C17H16N2O2S2. The minimum Gasteiger partial charge on any atom is -0.269 e. The van der Waals surface area contributed by atoms with Crippen molar-refractivity contribution in [3.05, 3.63) is 65.8 Å². The van der Waals surface area contributed by atoms with Crippen molar-refractivity contribution in [3.8, 4) is 10.4 Å². The molecule has 0 aliphatic carbocycles. The molecule has 6 heteroatoms. The zero-order valence-corrected chi connectivity index (χ0v) is 14.4. The number of aromatic nitrogens is 1. The van der Waals surface area contributed by atoms with Crippen LogP contribution in [-0.4, -0.2) is 20.4 Å². The van der Waals surface area contributed by atoms with E-state index in [9.17, 15) is 8.42 Å². The summed E-state index contributed by atoms with van der Waals surface area (Å²) in [6.07, 6.45) is 2.92. The number of hydrogen-bond acceptors (Lipinski definition) is 4. The van der Waals surface area contributed by atoms with Gasteiger partial charge in [0.15, 0.2) is 0 Å². The van der Waals surface area contributed by atoms with Crippen LogP contribution in [0.5, 0.6) is 0 Å². The maximum atomic E-state index is 12.8. The Kier molecular flexibility index (Phi) is 4.19. The zero-order valence-electron chi connectivity index (χ0n) is 12.8. The van der Waals surface area contributed by atoms with E-state index in [1.807, 2.05) is 42.6 Å². The third-order valence-corrected chi connectivity index (χ3v) is 6.32. The van der Waals surface area contributed by atoms with Gasteiger partial charge < -0.3 is 0 Å². The molecule has 23 heavy (non-hydrogen) atoms. The van der Waals surface area contributed by atoms with Crippen LogP contribution in [0.15, 0.2) is 65.1 Å². The molecule has 2 heterocycles. The molecule has 0 N–H and O–H groups in total. The molecule has 3 rings (SSSR count). The van der Waals surface area contributed by atoms with Crippen molar-refractivity contribution in [3.63, 3.8) is 0 Å². The molecule has 2 aromatic heterocycles. The van der Waals surface area contributed by atoms with Gasteiger partial charge in [-0.3, -0.25) is 9.29 Å². The fraction of sp³-hybridized carbons (Fsp3) is 0.118. The van der Waals surface area contributed by atoms with E-state index in [4.69, 9.17) is 0 Å². The molecule has 0 fully saturated rings. The van der Waals surface area contributed by atoms with Crippen LogP contribution in [0.25, 0.3) is 10.4 Å². The predicted molar refractivity (Wildman–Crippen MR) is 94.3 cm³/mol. The van der Waals surface area contributed by atoms with Crippen LogP contribution in [0, 0.1) is 6.92 Å². The van der Waals surface area contributed by atoms with Gasteiger partial charge in [0.2, 0.25) is 0 Å². The largest absolute Gasteiger partial charge is 0.269 e. The van der Waals surface area contributed by atoms with Gasteiger partial charge in [-0.1, -0.05) is 18.2 Å². The average molecular weight is 344 g/mol. The molecule has 0 amide bonds. The summed E-state index contributed by atoms with van der Waals surface area (Å²) in [5.41, 5.74) is 2.58. The van der Waals surface area contributed by atoms with E-state index in [2.05, 4.69) is 4.98 Å². The van der Waals surface area contributed by atoms with E-state index in [1.165, 1.54) is 10.5 Å². The molecule has 118 valence electrons. The first-order chi connectivity index (χ1) is 11.0. The Bertz CT molecular complexity index is 905. The standard InChI is InChI=1S/C17H16N2O2S2/c1-13-7-8-14(17-6-4-10-22-17)11-16(13)19(2)23(20,21)15-5-3-9-18-12-15/h3-12H,1-2H3. The van der Waals surface area contributed by atoms with Crippen molar-refractivity contribution in [1.29, 1.82) is 0 Å². The Morgan fingerprint density at radius 3 is 2.61 bits per heavy atom. The first-order valence-corrected chi connectivity index (χ1v) is 9.35. The molecule has 0 radical (unpaired) electrons. The summed E-state index contributed by atoms with van der Waals surface area (Å²) in [5, 5.41) is 2.00. The third kappa shape index (κ3) is 3.00. The highest BCUT2D eigenvalue weighted by Crippen LogP contribution is 2.32. The Labute approximate surface area is 140 Å². The van der Waals surface area contributed by atoms with Gasteiger partial charge in [0.05, 0.1) is 5.69 Å². The Morgan fingerprint density at radius 1 is 1.13 bits per heavy atom. The average Bonchev–Trinajstić information content (AvgIpc) is 3.10. The normalized spacial score (nSPS) is 11.4. The highest BCUT2D eigenvalue weighted by Gasteiger charge is 2.23. The highest BCUT2D eigenvalue weighted by atomic mass is 32.2. The Morgan fingerprint density at radius 2 is 1.96 bits per heavy atom. The summed E-state index contributed by atoms with van der Waals surface area (Å²) in [6.45, 7) is 1.91. The number of hydrogen-bond donors (Lipinski definition) is 0. The summed E-state index contributed by atoms with van der Waals surface area (Å²) < 4.78 is 26.9. The molecule has 0 unspecified atom stereocenters. The molecule has 3 aromatic rings. The lowest BCUT2D eigenvalue weighted by atomic mass is 10.1. The molecule has 4 nitrogen and oxygen atoms in total. The quantitative estimate of drug-likeness (QED) is 0.720. The summed E-state index contributed by atoms with van der Waals surface area (Å²) >= 11 is 1.63. The van der Waals surface area contributed by atoms with Crippen molar-refractivity contribution in [2.45, 2.75) is 11.8 Å². The molecule has 0 saturated heterocycles. The fourth-order valence-corrected chi connectivity index (χ4v) is 4.27. The number of anilines is 1. The summed E-state index contributed by atoms with van der Waals surface area (Å²) in [7, 11) is -2.05. The van der Waals surface area contributed by atoms with Crippen LogP contribution < -0.4 is 4.31 Å². The molecular weight excluding hydrogens is 328 g/mol. The first kappa shape index (κ1) is 15.7. The van der Waals surface area contributed by atoms with Crippen molar-refractivity contribution in [2.24, 2.45) is 0 Å². The van der Waals surface area contributed by atoms with Crippen LogP contribution in [0.4, 0.5) is 5.69 Å². The summed E-state index contributed by atoms with van der Waals surface area (Å²) in [4.78, 5) is 5.20. The molecule has 0 bridgehead atoms. The second kappa shape index (κ2) is 6.14. The van der Waals surface area contributed by atoms with Crippen molar-refractivity contribution < 1.29 is 8.42 Å². The number of sulfonamides is 1. The van der Waals surface area contributed by atoms with Gasteiger partial charge in [0, 0.05) is 24.3 Å². The molecule has 0 saturated carbocycles. The van der Waals surface area contributed by atoms with Crippen LogP contribution in [0.1, 0.15) is 5.56 Å². The third-order valence-electron chi connectivity index (χ3n) is 3.65. The maximum Gasteiger partial charge on any atom is 0.265 e. The van der Waals surface area contributed by atoms with Crippen LogP contribution in [-0.2, 0) is 10.0 Å². The molecule has 0 aliphatic rings. The lowest BCUT2D eigenvalue weighted by Crippen LogP contribution is -2.27. The lowest BCUT2D eigenvalue weighted by Gasteiger charge is -2.22. The van der Waals surface area contributed by atoms with Crippen molar-refractivity contribution in [2.75, 3.05) is 11.4 Å². The molecule has 1 aromatic carbocycles. The number of pyridine rings is 1. The first-order valence-electron chi connectivity index (χ1n) is 7.03. The monoisotopic (exact) mass is 344 g/mol. The SMILES string of the molecule is Cc1ccc(-c2cccs2)cc1N(C)S(=O)(=O)c1cccnc1. The number of nitrogens with zero attached hydrogens (tertiary/aromatic N) is 2. The van der Waals surface area contributed by atoms with E-state index in [0.29, 0.717) is 5.69 Å². The molecule has 0 spiro atoms. The van der Waals surface area contributed by atoms with Crippen molar-refractivity contribution >= 4 is 27.0 Å². The minimum atomic E-state index is -3.63. The van der Waals surface area contributed by atoms with Gasteiger partial charge in [-0.15, -0.1) is 11.3 Å². The number of thiophene rings is 1. The van der Waals surface area contributed by atoms with Gasteiger partial charge in [-0.2, -0.15) is 0 Å². The topological polar surface area (TPSA) is 50.3 Å². The molecule has 0 atom stereocenters. The smallest absolute Gasteiger partial charge is 0.265 e. The number of rotatable bonds is 4. The second-order valence-electron chi connectivity index (χ2n) is 5.14. The highest BCUT2D eigenvalue weighted by molar-refractivity contribution is 7.92. The van der Waals surface area contributed by atoms with Gasteiger partial charge in [0.1, 0.15) is 4.90 Å². The van der Waals surface area contributed by atoms with Gasteiger partial charge in [0.25, 0.3) is 10.0 Å². The van der Waals surface area contributed by atoms with E-state index in [0.717, 1.165) is 16.0 Å². The Balaban J connectivity index is 2.06. The Hall–Kier alpha value is -2.18. The van der Waals surface area contributed by atoms with Crippen LogP contribution in [0.2, 0.25) is 0 Å². The van der Waals surface area contributed by atoms with E-state index in [-0.39, 0.29) is 4.90 Å². The predicted octanol–water partition coefficient (Wildman–Crippen LogP) is 3.94. The number of benzene rings is 1. The van der Waals surface area contributed by atoms with Crippen LogP contribution in [0.3, 0.4) is 0 Å². The van der Waals surface area contributed by atoms with Gasteiger partial charge in [-0.05, 0) is 47.7 Å². The molecule has 0 aliphatic heterocycles. The fourth-order valence-electron chi connectivity index (χ4n) is 2.33. The van der Waals surface area contributed by atoms with E-state index in [1.54, 1.807) is 36.7 Å². The van der Waals surface area contributed by atoms with Crippen molar-refractivity contribution in [1.82, 2.24) is 4.98 Å². The van der Waals surface area contributed by atoms with E-state index >= 15 is 0 Å². The van der Waals surface area contributed by atoms with Gasteiger partial charge in [-0.25, -0.2) is 8.42 Å². The minimum absolute atomic E-state index is 0.184. The lowest BCUT2D eigenvalue weighted by molar-refractivity contribution is 0.594. The summed E-state index contributed by atoms with van der Waals surface area (Å²) in [5.74, 6) is 0. The summed E-state index contributed by atoms with van der Waals surface area (Å²) in [6, 6.07) is 13.0. The number of aryl methyl sites for hydroxylation is 1. The van der Waals surface area contributed by atoms with Crippen LogP contribution >= 0.6 is 11.3 Å². The second-order valence-corrected chi connectivity index (χ2v) is 8.06. The maximum absolute atomic E-state index is 12.8.